The number of hydrogen-bond acceptors (Lipinski definition) is 0. The molecule has 0 heteroatoms. The predicted molar refractivity (Wildman–Crippen MR) is 532 cm³/mol. The van der Waals surface area contributed by atoms with Crippen molar-refractivity contribution in [1.29, 1.82) is 0 Å². The first-order valence-electron chi connectivity index (χ1n) is 44.3. The van der Waals surface area contributed by atoms with Crippen LogP contribution in [0.4, 0.5) is 0 Å². The van der Waals surface area contributed by atoms with Gasteiger partial charge in [0.2, 0.25) is 0 Å². The Bertz CT molecular complexity index is 5050. The zero-order valence-corrected chi connectivity index (χ0v) is 80.1. The van der Waals surface area contributed by atoms with E-state index in [-0.39, 0.29) is 5.41 Å². The van der Waals surface area contributed by atoms with Crippen LogP contribution in [-0.2, 0) is 31.1 Å². The molecule has 1 unspecified atom stereocenters. The van der Waals surface area contributed by atoms with Crippen molar-refractivity contribution in [1.82, 2.24) is 0 Å². The third kappa shape index (κ3) is 36.7. The van der Waals surface area contributed by atoms with Crippen molar-refractivity contribution >= 4 is 21.5 Å². The fourth-order valence-electron chi connectivity index (χ4n) is 14.5. The highest BCUT2D eigenvalue weighted by Gasteiger charge is 2.16. The number of fused-ring (bicyclic) bond motifs is 2. The van der Waals surface area contributed by atoms with Crippen LogP contribution < -0.4 is 0 Å². The van der Waals surface area contributed by atoms with Crippen LogP contribution in [0.2, 0.25) is 0 Å². The zero-order valence-electron chi connectivity index (χ0n) is 80.1. The Hall–Kier alpha value is -9.62. The summed E-state index contributed by atoms with van der Waals surface area (Å²) in [6.45, 7) is 70.1. The summed E-state index contributed by atoms with van der Waals surface area (Å²) in [5.41, 5.74) is 40.8. The Morgan fingerprint density at radius 3 is 0.992 bits per heavy atom. The molecule has 0 fully saturated rings. The van der Waals surface area contributed by atoms with Gasteiger partial charge in [0.1, 0.15) is 0 Å². The fraction of sp³-hybridized carbons (Fsp3) is 0.373. The lowest BCUT2D eigenvalue weighted by Gasteiger charge is -2.22. The smallest absolute Gasteiger partial charge is 0.0129 e. The van der Waals surface area contributed by atoms with Crippen molar-refractivity contribution in [2.24, 2.45) is 5.92 Å². The Morgan fingerprint density at radius 1 is 0.263 bits per heavy atom. The van der Waals surface area contributed by atoms with Crippen molar-refractivity contribution in [3.63, 3.8) is 0 Å². The summed E-state index contributed by atoms with van der Waals surface area (Å²) in [4.78, 5) is 0. The van der Waals surface area contributed by atoms with Gasteiger partial charge >= 0.3 is 0 Å². The van der Waals surface area contributed by atoms with Crippen molar-refractivity contribution in [2.45, 2.75) is 290 Å². The number of aryl methyl sites for hydroxylation is 23. The highest BCUT2D eigenvalue weighted by atomic mass is 14.2. The molecule has 0 radical (unpaired) electrons. The van der Waals surface area contributed by atoms with E-state index in [1.54, 1.807) is 0 Å². The molecule has 13 aromatic carbocycles. The monoisotopic (exact) mass is 1570 g/mol. The lowest BCUT2D eigenvalue weighted by Crippen LogP contribution is -2.13. The number of hydrogen-bond donors (Lipinski definition) is 0. The van der Waals surface area contributed by atoms with Crippen LogP contribution in [0.15, 0.2) is 249 Å². The quantitative estimate of drug-likeness (QED) is 0.114. The molecule has 1 atom stereocenters. The topological polar surface area (TPSA) is 0 Å². The van der Waals surface area contributed by atoms with Crippen molar-refractivity contribution in [3.8, 4) is 11.1 Å². The summed E-state index contributed by atoms with van der Waals surface area (Å²) >= 11 is 0. The van der Waals surface area contributed by atoms with Crippen LogP contribution in [0.1, 0.15) is 271 Å². The minimum Gasteiger partial charge on any atom is -0.0654 e. The molecule has 0 heterocycles. The van der Waals surface area contributed by atoms with Gasteiger partial charge in [-0.15, -0.1) is 0 Å². The second-order valence-corrected chi connectivity index (χ2v) is 35.7. The molecule has 0 aromatic heterocycles. The average molecular weight is 1570 g/mol. The van der Waals surface area contributed by atoms with Gasteiger partial charge in [0, 0.05) is 0 Å². The molecule has 0 spiro atoms. The van der Waals surface area contributed by atoms with Crippen LogP contribution in [0.25, 0.3) is 32.7 Å². The third-order valence-electron chi connectivity index (χ3n) is 22.0. The Balaban J connectivity index is 0.000000276. The lowest BCUT2D eigenvalue weighted by atomic mass is 9.83. The summed E-state index contributed by atoms with van der Waals surface area (Å²) in [5, 5.41) is 5.34. The number of benzene rings is 13. The SMILES string of the molecule is CCC(C)c1cc(C)ccc1C.CCCCc1cc(C)ccc1C.CCCc1cc(C)ccc1C.CCc1cc(C)ccc1C.Cc1ccc(-c2ccccc2C)cc1.Cc1ccc(C)c(C(C)(C)C)c1.Cc1ccc(C)c(C(C)C)c1.Cc1ccc(C)c(CC(C)C)c1.Cc1ccc2cc(C)ccc2c1.Cc1ccc2ccc(C)cc2c1. The molecule has 0 saturated heterocycles. The predicted octanol–water partition coefficient (Wildman–Crippen LogP) is 35.0. The van der Waals surface area contributed by atoms with Gasteiger partial charge in [-0.2, -0.15) is 0 Å². The minimum atomic E-state index is 0.274. The van der Waals surface area contributed by atoms with Gasteiger partial charge in [-0.25, -0.2) is 0 Å². The van der Waals surface area contributed by atoms with E-state index in [0.29, 0.717) is 11.8 Å². The molecule has 0 amide bonds. The summed E-state index contributed by atoms with van der Waals surface area (Å²) in [5.74, 6) is 2.10. The summed E-state index contributed by atoms with van der Waals surface area (Å²) in [7, 11) is 0. The van der Waals surface area contributed by atoms with E-state index in [0.717, 1.165) is 12.3 Å². The van der Waals surface area contributed by atoms with Gasteiger partial charge in [-0.05, 0) is 316 Å². The normalized spacial score (nSPS) is 10.8. The Labute approximate surface area is 722 Å². The Morgan fingerprint density at radius 2 is 0.602 bits per heavy atom. The molecule has 0 N–H and O–H groups in total. The van der Waals surface area contributed by atoms with Crippen molar-refractivity contribution in [3.05, 3.63) is 399 Å². The zero-order chi connectivity index (χ0) is 87.9. The summed E-state index contributed by atoms with van der Waals surface area (Å²) in [6.07, 6.45) is 9.87. The van der Waals surface area contributed by atoms with Gasteiger partial charge in [-0.1, -0.05) is 411 Å². The molecule has 118 heavy (non-hydrogen) atoms. The molecule has 0 saturated carbocycles. The molecular formula is C118H156. The van der Waals surface area contributed by atoms with Gasteiger partial charge < -0.3 is 0 Å². The molecular weight excluding hydrogens is 1420 g/mol. The number of unbranched alkanes of at least 4 members (excludes halogenated alkanes) is 1. The second kappa shape index (κ2) is 51.7. The maximum Gasteiger partial charge on any atom is -0.0129 e. The summed E-state index contributed by atoms with van der Waals surface area (Å²) < 4.78 is 0. The highest BCUT2D eigenvalue weighted by molar-refractivity contribution is 5.84. The van der Waals surface area contributed by atoms with Crippen LogP contribution in [-0.4, -0.2) is 0 Å². The lowest BCUT2D eigenvalue weighted by molar-refractivity contribution is 0.585. The van der Waals surface area contributed by atoms with Gasteiger partial charge in [0.25, 0.3) is 0 Å². The van der Waals surface area contributed by atoms with Gasteiger partial charge in [0.05, 0.1) is 0 Å². The third-order valence-corrected chi connectivity index (χ3v) is 22.0. The molecule has 0 bridgehead atoms. The van der Waals surface area contributed by atoms with Gasteiger partial charge in [0.15, 0.2) is 0 Å². The van der Waals surface area contributed by atoms with E-state index >= 15 is 0 Å². The van der Waals surface area contributed by atoms with Crippen LogP contribution in [0.5, 0.6) is 0 Å². The van der Waals surface area contributed by atoms with Gasteiger partial charge in [-0.3, -0.25) is 0 Å². The molecule has 0 aliphatic rings. The maximum atomic E-state index is 2.31. The van der Waals surface area contributed by atoms with E-state index in [4.69, 9.17) is 0 Å². The minimum absolute atomic E-state index is 0.274. The largest absolute Gasteiger partial charge is 0.0654 e. The van der Waals surface area contributed by atoms with E-state index in [2.05, 4.69) is 470 Å². The standard InChI is InChI=1S/C14H14.2C12H12.4C12H18.2C11H16.C10H14/c1-11-7-9-13(10-8-11)14-6-4-3-5-12(14)2;1-9-3-5-12-8-10(2)4-6-11(12)7-9;1-9-3-5-11-6-4-10(2)8-12(11)7-9;1-9-6-7-10(2)11(8-9)12(3,4)5;1-9(2)7-12-8-10(3)5-6-11(12)4;1-5-10(3)12-8-9(2)6-7-11(12)4;1-4-5-6-12-9-10(2)7-8-11(12)3;1-8(2)11-7-9(3)5-6-10(11)4;1-4-5-11-8-9(2)6-7-10(11)3;1-4-10-7-8(2)5-6-9(10)3/h3-10H,1-2H3;2*3-8H,1-2H3;6-8H,1-5H3;5-6,8-9H,7H2,1-4H3;6-8,10H,5H2,1-4H3;7-9H,4-6H2,1-3H3;5-8H,1-4H3;6-8H,4-5H2,1-3H3;5-7H,4H2,1-3H3. The Kier molecular flexibility index (Phi) is 44.1. The van der Waals surface area contributed by atoms with Crippen molar-refractivity contribution in [2.75, 3.05) is 0 Å². The first-order valence-corrected chi connectivity index (χ1v) is 44.3. The second-order valence-electron chi connectivity index (χ2n) is 35.7. The van der Waals surface area contributed by atoms with Crippen LogP contribution in [0, 0.1) is 144 Å². The summed E-state index contributed by atoms with van der Waals surface area (Å²) in [6, 6.07) is 90.0. The molecule has 13 aromatic rings. The highest BCUT2D eigenvalue weighted by Crippen LogP contribution is 2.29. The molecule has 0 aliphatic carbocycles. The maximum absolute atomic E-state index is 2.31. The fourth-order valence-corrected chi connectivity index (χ4v) is 14.5. The first-order chi connectivity index (χ1) is 55.7. The number of rotatable bonds is 12. The van der Waals surface area contributed by atoms with Crippen LogP contribution >= 0.6 is 0 Å². The molecule has 13 rings (SSSR count). The molecule has 0 nitrogen and oxygen atoms in total. The van der Waals surface area contributed by atoms with E-state index in [1.165, 1.54) is 228 Å². The van der Waals surface area contributed by atoms with E-state index in [9.17, 15) is 0 Å². The average Bonchev–Trinajstić information content (AvgIpc) is 0.849. The van der Waals surface area contributed by atoms with Crippen LogP contribution in [0.3, 0.4) is 0 Å². The van der Waals surface area contributed by atoms with E-state index < -0.39 is 0 Å². The molecule has 628 valence electrons. The molecule has 0 aliphatic heterocycles. The first kappa shape index (κ1) is 101. The van der Waals surface area contributed by atoms with Crippen molar-refractivity contribution < 1.29 is 0 Å². The van der Waals surface area contributed by atoms with E-state index in [1.807, 2.05) is 0 Å².